The van der Waals surface area contributed by atoms with Crippen LogP contribution in [0.1, 0.15) is 18.1 Å². The maximum absolute atomic E-state index is 13.5. The predicted octanol–water partition coefficient (Wildman–Crippen LogP) is 2.20. The molecule has 7 heteroatoms. The van der Waals surface area contributed by atoms with Crippen LogP contribution in [-0.4, -0.2) is 30.4 Å². The van der Waals surface area contributed by atoms with Crippen LogP contribution >= 0.6 is 0 Å². The van der Waals surface area contributed by atoms with Gasteiger partial charge in [0.05, 0.1) is 0 Å². The second-order valence-corrected chi connectivity index (χ2v) is 5.95. The zero-order valence-electron chi connectivity index (χ0n) is 15.4. The van der Waals surface area contributed by atoms with Crippen molar-refractivity contribution in [1.29, 1.82) is 0 Å². The van der Waals surface area contributed by atoms with Crippen molar-refractivity contribution in [3.63, 3.8) is 0 Å². The second kappa shape index (κ2) is 10.6. The Hall–Kier alpha value is -3.48. The molecule has 0 bridgehead atoms. The largest absolute Gasteiger partial charge is 0.454 e. The summed E-state index contributed by atoms with van der Waals surface area (Å²) in [7, 11) is 0. The average Bonchev–Trinajstić information content (AvgIpc) is 2.70. The Kier molecular flexibility index (Phi) is 7.90. The van der Waals surface area contributed by atoms with Crippen molar-refractivity contribution in [2.45, 2.75) is 19.5 Å². The molecule has 2 rings (SSSR count). The number of ether oxygens (including phenoxy) is 1. The fourth-order valence-electron chi connectivity index (χ4n) is 2.20. The van der Waals surface area contributed by atoms with Gasteiger partial charge in [0.2, 0.25) is 5.91 Å². The van der Waals surface area contributed by atoms with Gasteiger partial charge in [-0.05, 0) is 24.6 Å². The third-order valence-corrected chi connectivity index (χ3v) is 3.72. The molecule has 2 aromatic carbocycles. The fourth-order valence-corrected chi connectivity index (χ4v) is 2.20. The van der Waals surface area contributed by atoms with Crippen molar-refractivity contribution in [3.8, 4) is 0 Å². The molecule has 0 fully saturated rings. The minimum absolute atomic E-state index is 0.0143. The first-order valence-corrected chi connectivity index (χ1v) is 8.66. The fraction of sp³-hybridized carbons (Fsp3) is 0.190. The number of hydrogen-bond acceptors (Lipinski definition) is 4. The molecule has 0 saturated carbocycles. The summed E-state index contributed by atoms with van der Waals surface area (Å²) in [5, 5.41) is 4.92. The van der Waals surface area contributed by atoms with Crippen LogP contribution in [0.25, 0.3) is 6.08 Å². The average molecular weight is 384 g/mol. The lowest BCUT2D eigenvalue weighted by Gasteiger charge is -2.12. The molecule has 0 aliphatic heterocycles. The molecule has 2 aromatic rings. The quantitative estimate of drug-likeness (QED) is 0.540. The summed E-state index contributed by atoms with van der Waals surface area (Å²) in [6.45, 7) is 0.917. The highest BCUT2D eigenvalue weighted by molar-refractivity contribution is 5.94. The lowest BCUT2D eigenvalue weighted by Crippen LogP contribution is -2.40. The zero-order chi connectivity index (χ0) is 20.4. The summed E-state index contributed by atoms with van der Waals surface area (Å²) >= 11 is 0. The van der Waals surface area contributed by atoms with Crippen molar-refractivity contribution in [2.75, 3.05) is 6.61 Å². The van der Waals surface area contributed by atoms with E-state index in [2.05, 4.69) is 10.6 Å². The van der Waals surface area contributed by atoms with Gasteiger partial charge in [0, 0.05) is 18.2 Å². The molecule has 6 nitrogen and oxygen atoms in total. The van der Waals surface area contributed by atoms with Gasteiger partial charge < -0.3 is 15.4 Å². The summed E-state index contributed by atoms with van der Waals surface area (Å²) in [6, 6.07) is 14.3. The van der Waals surface area contributed by atoms with Crippen molar-refractivity contribution in [1.82, 2.24) is 10.6 Å². The molecular weight excluding hydrogens is 363 g/mol. The molecule has 0 spiro atoms. The SMILES string of the molecule is C[C@H](NC(=O)/C=C/c1ccccc1)C(=O)OCC(=O)NCc1ccccc1F. The molecule has 0 aliphatic carbocycles. The second-order valence-electron chi connectivity index (χ2n) is 5.95. The first-order chi connectivity index (χ1) is 13.5. The molecule has 2 amide bonds. The highest BCUT2D eigenvalue weighted by Crippen LogP contribution is 2.05. The first kappa shape index (κ1) is 20.8. The third-order valence-electron chi connectivity index (χ3n) is 3.72. The van der Waals surface area contributed by atoms with Gasteiger partial charge in [-0.25, -0.2) is 9.18 Å². The Bertz CT molecular complexity index is 852. The zero-order valence-corrected chi connectivity index (χ0v) is 15.4. The van der Waals surface area contributed by atoms with Gasteiger partial charge in [-0.3, -0.25) is 9.59 Å². The molecule has 146 valence electrons. The Balaban J connectivity index is 1.71. The maximum Gasteiger partial charge on any atom is 0.328 e. The van der Waals surface area contributed by atoms with Gasteiger partial charge in [-0.15, -0.1) is 0 Å². The van der Waals surface area contributed by atoms with Gasteiger partial charge in [0.1, 0.15) is 11.9 Å². The Morgan fingerprint density at radius 2 is 1.75 bits per heavy atom. The molecule has 28 heavy (non-hydrogen) atoms. The van der Waals surface area contributed by atoms with Crippen molar-refractivity contribution >= 4 is 23.9 Å². The van der Waals surface area contributed by atoms with E-state index in [-0.39, 0.29) is 6.54 Å². The highest BCUT2D eigenvalue weighted by atomic mass is 19.1. The van der Waals surface area contributed by atoms with Gasteiger partial charge in [-0.2, -0.15) is 0 Å². The lowest BCUT2D eigenvalue weighted by molar-refractivity contribution is -0.151. The molecule has 0 aliphatic rings. The van der Waals surface area contributed by atoms with E-state index in [0.717, 1.165) is 5.56 Å². The number of hydrogen-bond donors (Lipinski definition) is 2. The standard InChI is InChI=1S/C21H21FN2O4/c1-15(24-19(25)12-11-16-7-3-2-4-8-16)21(27)28-14-20(26)23-13-17-9-5-6-10-18(17)22/h2-12,15H,13-14H2,1H3,(H,23,26)(H,24,25)/b12-11+/t15-/m0/s1. The molecule has 0 aromatic heterocycles. The van der Waals surface area contributed by atoms with Crippen LogP contribution in [0.4, 0.5) is 4.39 Å². The lowest BCUT2D eigenvalue weighted by atomic mass is 10.2. The van der Waals surface area contributed by atoms with E-state index in [9.17, 15) is 18.8 Å². The number of esters is 1. The maximum atomic E-state index is 13.5. The van der Waals surface area contributed by atoms with Crippen molar-refractivity contribution in [2.24, 2.45) is 0 Å². The third kappa shape index (κ3) is 7.03. The first-order valence-electron chi connectivity index (χ1n) is 8.66. The normalized spacial score (nSPS) is 11.6. The van der Waals surface area contributed by atoms with Crippen LogP contribution in [0.5, 0.6) is 0 Å². The number of amides is 2. The van der Waals surface area contributed by atoms with E-state index in [0.29, 0.717) is 5.56 Å². The monoisotopic (exact) mass is 384 g/mol. The number of carbonyl (C=O) groups excluding carboxylic acids is 3. The minimum atomic E-state index is -0.924. The Morgan fingerprint density at radius 3 is 2.46 bits per heavy atom. The number of rotatable bonds is 8. The summed E-state index contributed by atoms with van der Waals surface area (Å²) < 4.78 is 18.3. The van der Waals surface area contributed by atoms with Gasteiger partial charge in [0.25, 0.3) is 5.91 Å². The van der Waals surface area contributed by atoms with Crippen LogP contribution in [-0.2, 0) is 25.7 Å². The van der Waals surface area contributed by atoms with Crippen LogP contribution in [0, 0.1) is 5.82 Å². The molecule has 0 radical (unpaired) electrons. The van der Waals surface area contributed by atoms with E-state index in [1.165, 1.54) is 19.1 Å². The summed E-state index contributed by atoms with van der Waals surface area (Å²) in [5.41, 5.74) is 1.17. The topological polar surface area (TPSA) is 84.5 Å². The van der Waals surface area contributed by atoms with Crippen molar-refractivity contribution in [3.05, 3.63) is 77.6 Å². The van der Waals surface area contributed by atoms with Crippen LogP contribution in [0.2, 0.25) is 0 Å². The van der Waals surface area contributed by atoms with E-state index >= 15 is 0 Å². The molecule has 2 N–H and O–H groups in total. The molecule has 0 heterocycles. The van der Waals surface area contributed by atoms with E-state index in [1.54, 1.807) is 24.3 Å². The molecule has 0 unspecified atom stereocenters. The van der Waals surface area contributed by atoms with E-state index in [1.807, 2.05) is 30.3 Å². The predicted molar refractivity (Wildman–Crippen MR) is 102 cm³/mol. The number of carbonyl (C=O) groups is 3. The number of nitrogens with one attached hydrogen (secondary N) is 2. The van der Waals surface area contributed by atoms with Gasteiger partial charge >= 0.3 is 5.97 Å². The van der Waals surface area contributed by atoms with Crippen LogP contribution < -0.4 is 10.6 Å². The minimum Gasteiger partial charge on any atom is -0.454 e. The van der Waals surface area contributed by atoms with Gasteiger partial charge in [0.15, 0.2) is 6.61 Å². The Morgan fingerprint density at radius 1 is 1.07 bits per heavy atom. The van der Waals surface area contributed by atoms with Gasteiger partial charge in [-0.1, -0.05) is 48.5 Å². The Labute approximate surface area is 162 Å². The number of benzene rings is 2. The molecule has 1 atom stereocenters. The summed E-state index contributed by atoms with van der Waals surface area (Å²) in [6.07, 6.45) is 2.92. The smallest absolute Gasteiger partial charge is 0.328 e. The number of halogens is 1. The summed E-state index contributed by atoms with van der Waals surface area (Å²) in [5.74, 6) is -2.21. The van der Waals surface area contributed by atoms with E-state index < -0.39 is 36.2 Å². The molecular formula is C21H21FN2O4. The van der Waals surface area contributed by atoms with Crippen LogP contribution in [0.3, 0.4) is 0 Å². The molecule has 0 saturated heterocycles. The van der Waals surface area contributed by atoms with Crippen LogP contribution in [0.15, 0.2) is 60.7 Å². The summed E-state index contributed by atoms with van der Waals surface area (Å²) in [4.78, 5) is 35.5. The van der Waals surface area contributed by atoms with Crippen molar-refractivity contribution < 1.29 is 23.5 Å². The van der Waals surface area contributed by atoms with E-state index in [4.69, 9.17) is 4.74 Å². The highest BCUT2D eigenvalue weighted by Gasteiger charge is 2.17.